The lowest BCUT2D eigenvalue weighted by molar-refractivity contribution is 0.0644. The van der Waals surface area contributed by atoms with E-state index >= 15 is 8.78 Å². The van der Waals surface area contributed by atoms with Gasteiger partial charge in [0.05, 0.1) is 28.8 Å². The van der Waals surface area contributed by atoms with Crippen LogP contribution in [0, 0.1) is 24.5 Å². The molecule has 0 spiro atoms. The van der Waals surface area contributed by atoms with Gasteiger partial charge in [0.2, 0.25) is 0 Å². The molecular formula is C27H33F2N3O. The van der Waals surface area contributed by atoms with Gasteiger partial charge in [-0.25, -0.2) is 8.78 Å². The van der Waals surface area contributed by atoms with Crippen molar-refractivity contribution in [3.05, 3.63) is 53.2 Å². The van der Waals surface area contributed by atoms with Gasteiger partial charge in [0.25, 0.3) is 0 Å². The molecule has 0 bridgehead atoms. The lowest BCUT2D eigenvalue weighted by atomic mass is 9.80. The molecule has 0 amide bonds. The first-order valence-electron chi connectivity index (χ1n) is 12.1. The van der Waals surface area contributed by atoms with E-state index in [4.69, 9.17) is 0 Å². The summed E-state index contributed by atoms with van der Waals surface area (Å²) in [6, 6.07) is 6.27. The number of nitrogens with one attached hydrogen (secondary N) is 3. The minimum absolute atomic E-state index is 0.0561. The van der Waals surface area contributed by atoms with Gasteiger partial charge in [-0.1, -0.05) is 37.5 Å². The molecule has 5 rings (SSSR count). The standard InChI is InChI=1S/C27H33F2N3O/c1-15-13-30-24-17(15)10-7-11-18(24)21-19(28)12-20-22(23(21)29)25(26(33)27(2,3)32-20)31-14-16-8-5-4-6-9-16/h7,10-13,16,25-26,30-33H,4-6,8-9,14H2,1-3H3. The Morgan fingerprint density at radius 1 is 1.15 bits per heavy atom. The Balaban J connectivity index is 1.61. The van der Waals surface area contributed by atoms with E-state index in [0.29, 0.717) is 28.2 Å². The average molecular weight is 454 g/mol. The lowest BCUT2D eigenvalue weighted by Crippen LogP contribution is -2.54. The zero-order valence-corrected chi connectivity index (χ0v) is 19.6. The predicted molar refractivity (Wildman–Crippen MR) is 129 cm³/mol. The Morgan fingerprint density at radius 3 is 2.67 bits per heavy atom. The minimum atomic E-state index is -0.870. The maximum Gasteiger partial charge on any atom is 0.140 e. The largest absolute Gasteiger partial charge is 0.389 e. The normalized spacial score (nSPS) is 22.8. The number of hydrogen-bond acceptors (Lipinski definition) is 3. The molecule has 1 saturated carbocycles. The van der Waals surface area contributed by atoms with Crippen molar-refractivity contribution in [3.8, 4) is 11.1 Å². The molecule has 2 aliphatic rings. The molecule has 0 radical (unpaired) electrons. The summed E-state index contributed by atoms with van der Waals surface area (Å²) in [5.41, 5.74) is 2.16. The van der Waals surface area contributed by atoms with Crippen LogP contribution in [0.3, 0.4) is 0 Å². The van der Waals surface area contributed by atoms with Crippen molar-refractivity contribution < 1.29 is 13.9 Å². The van der Waals surface area contributed by atoms with Gasteiger partial charge in [0, 0.05) is 28.4 Å². The fraction of sp³-hybridized carbons (Fsp3) is 0.481. The van der Waals surface area contributed by atoms with E-state index < -0.39 is 29.3 Å². The highest BCUT2D eigenvalue weighted by molar-refractivity contribution is 5.96. The Labute approximate surface area is 193 Å². The number of fused-ring (bicyclic) bond motifs is 2. The number of aliphatic hydroxyl groups excluding tert-OH is 1. The van der Waals surface area contributed by atoms with Gasteiger partial charge >= 0.3 is 0 Å². The van der Waals surface area contributed by atoms with Gasteiger partial charge in [0.15, 0.2) is 0 Å². The fourth-order valence-electron chi connectivity index (χ4n) is 5.69. The smallest absolute Gasteiger partial charge is 0.140 e. The number of aliphatic hydroxyl groups is 1. The van der Waals surface area contributed by atoms with Crippen LogP contribution in [0.1, 0.15) is 63.1 Å². The number of hydrogen-bond donors (Lipinski definition) is 4. The number of aryl methyl sites for hydroxylation is 1. The van der Waals surface area contributed by atoms with Gasteiger partial charge in [0.1, 0.15) is 11.6 Å². The number of aromatic nitrogens is 1. The van der Waals surface area contributed by atoms with Crippen molar-refractivity contribution in [2.24, 2.45) is 5.92 Å². The van der Waals surface area contributed by atoms with E-state index in [1.807, 2.05) is 39.1 Å². The molecule has 3 aromatic rings. The monoisotopic (exact) mass is 453 g/mol. The molecule has 0 saturated heterocycles. The van der Waals surface area contributed by atoms with Crippen molar-refractivity contribution in [2.45, 2.75) is 70.6 Å². The van der Waals surface area contributed by atoms with Crippen LogP contribution in [0.5, 0.6) is 0 Å². The number of aromatic amines is 1. The molecule has 1 aliphatic heterocycles. The van der Waals surface area contributed by atoms with Crippen molar-refractivity contribution in [2.75, 3.05) is 11.9 Å². The topological polar surface area (TPSA) is 60.1 Å². The first kappa shape index (κ1) is 22.4. The maximum absolute atomic E-state index is 16.2. The molecule has 2 unspecified atom stereocenters. The molecule has 1 fully saturated rings. The SMILES string of the molecule is Cc1c[nH]c2c(-c3c(F)cc4c(c3F)C(NCC3CCCCC3)C(O)C(C)(C)N4)cccc12. The second-order valence-corrected chi connectivity index (χ2v) is 10.4. The third-order valence-corrected chi connectivity index (χ3v) is 7.62. The number of anilines is 1. The van der Waals surface area contributed by atoms with Crippen LogP contribution in [0.25, 0.3) is 22.0 Å². The van der Waals surface area contributed by atoms with Crippen LogP contribution in [-0.2, 0) is 0 Å². The Bertz CT molecular complexity index is 1180. The van der Waals surface area contributed by atoms with Gasteiger partial charge in [-0.3, -0.25) is 0 Å². The summed E-state index contributed by atoms with van der Waals surface area (Å²) < 4.78 is 31.7. The molecule has 6 heteroatoms. The van der Waals surface area contributed by atoms with Crippen LogP contribution in [0.4, 0.5) is 14.5 Å². The molecule has 33 heavy (non-hydrogen) atoms. The minimum Gasteiger partial charge on any atom is -0.389 e. The fourth-order valence-corrected chi connectivity index (χ4v) is 5.69. The number of H-pyrrole nitrogens is 1. The van der Waals surface area contributed by atoms with Crippen molar-refractivity contribution in [1.29, 1.82) is 0 Å². The Kier molecular flexibility index (Phi) is 5.69. The maximum atomic E-state index is 16.2. The van der Waals surface area contributed by atoms with Gasteiger partial charge in [-0.2, -0.15) is 0 Å². The second-order valence-electron chi connectivity index (χ2n) is 10.4. The van der Waals surface area contributed by atoms with Crippen LogP contribution in [0.2, 0.25) is 0 Å². The van der Waals surface area contributed by atoms with Crippen LogP contribution in [-0.4, -0.2) is 28.3 Å². The lowest BCUT2D eigenvalue weighted by Gasteiger charge is -2.44. The van der Waals surface area contributed by atoms with E-state index in [1.54, 1.807) is 6.07 Å². The molecule has 2 atom stereocenters. The number of rotatable bonds is 4. The van der Waals surface area contributed by atoms with Crippen LogP contribution in [0.15, 0.2) is 30.5 Å². The summed E-state index contributed by atoms with van der Waals surface area (Å²) in [5.74, 6) is -0.712. The average Bonchev–Trinajstić information content (AvgIpc) is 3.16. The van der Waals surface area contributed by atoms with E-state index in [1.165, 1.54) is 25.3 Å². The molecule has 1 aromatic heterocycles. The van der Waals surface area contributed by atoms with E-state index in [0.717, 1.165) is 30.3 Å². The van der Waals surface area contributed by atoms with Gasteiger partial charge in [-0.05, 0) is 57.7 Å². The highest BCUT2D eigenvalue weighted by Crippen LogP contribution is 2.44. The van der Waals surface area contributed by atoms with Crippen LogP contribution < -0.4 is 10.6 Å². The Morgan fingerprint density at radius 2 is 1.91 bits per heavy atom. The molecule has 4 N–H and O–H groups in total. The molecule has 2 heterocycles. The quantitative estimate of drug-likeness (QED) is 0.381. The van der Waals surface area contributed by atoms with E-state index in [-0.39, 0.29) is 5.56 Å². The van der Waals surface area contributed by atoms with Crippen molar-refractivity contribution in [1.82, 2.24) is 10.3 Å². The Hall–Kier alpha value is -2.44. The first-order valence-corrected chi connectivity index (χ1v) is 12.1. The number of halogens is 2. The summed E-state index contributed by atoms with van der Waals surface area (Å²) >= 11 is 0. The molecule has 1 aliphatic carbocycles. The van der Waals surface area contributed by atoms with Gasteiger partial charge < -0.3 is 20.7 Å². The van der Waals surface area contributed by atoms with E-state index in [9.17, 15) is 5.11 Å². The van der Waals surface area contributed by atoms with Crippen LogP contribution >= 0.6 is 0 Å². The molecule has 2 aromatic carbocycles. The number of para-hydroxylation sites is 1. The van der Waals surface area contributed by atoms with Crippen molar-refractivity contribution in [3.63, 3.8) is 0 Å². The molecule has 176 valence electrons. The van der Waals surface area contributed by atoms with E-state index in [2.05, 4.69) is 15.6 Å². The molecular weight excluding hydrogens is 420 g/mol. The number of benzene rings is 2. The third kappa shape index (κ3) is 3.83. The van der Waals surface area contributed by atoms with Crippen molar-refractivity contribution >= 4 is 16.6 Å². The second kappa shape index (κ2) is 8.41. The highest BCUT2D eigenvalue weighted by atomic mass is 19.1. The van der Waals surface area contributed by atoms with Gasteiger partial charge in [-0.15, -0.1) is 0 Å². The third-order valence-electron chi connectivity index (χ3n) is 7.62. The predicted octanol–water partition coefficient (Wildman–Crippen LogP) is 6.20. The first-order chi connectivity index (χ1) is 15.8. The summed E-state index contributed by atoms with van der Waals surface area (Å²) in [5, 5.41) is 18.8. The highest BCUT2D eigenvalue weighted by Gasteiger charge is 2.43. The zero-order chi connectivity index (χ0) is 23.3. The molecule has 4 nitrogen and oxygen atoms in total. The zero-order valence-electron chi connectivity index (χ0n) is 19.6. The summed E-state index contributed by atoms with van der Waals surface area (Å²) in [4.78, 5) is 3.18. The summed E-state index contributed by atoms with van der Waals surface area (Å²) in [6.07, 6.45) is 6.98. The summed E-state index contributed by atoms with van der Waals surface area (Å²) in [7, 11) is 0. The summed E-state index contributed by atoms with van der Waals surface area (Å²) in [6.45, 7) is 6.41.